The van der Waals surface area contributed by atoms with E-state index in [0.29, 0.717) is 48.8 Å². The minimum atomic E-state index is -0.825. The van der Waals surface area contributed by atoms with E-state index in [0.717, 1.165) is 19.6 Å². The number of carbonyl (C=O) groups is 2. The first-order valence-electron chi connectivity index (χ1n) is 11.7. The highest BCUT2D eigenvalue weighted by molar-refractivity contribution is 6.46. The highest BCUT2D eigenvalue weighted by Gasteiger charge is 2.46. The summed E-state index contributed by atoms with van der Waals surface area (Å²) in [6, 6.07) is 10.3. The molecule has 2 aliphatic heterocycles. The summed E-state index contributed by atoms with van der Waals surface area (Å²) in [7, 11) is 0. The van der Waals surface area contributed by atoms with E-state index in [1.165, 1.54) is 17.0 Å². The lowest BCUT2D eigenvalue weighted by Gasteiger charge is -2.29. The van der Waals surface area contributed by atoms with Crippen molar-refractivity contribution in [3.63, 3.8) is 0 Å². The number of nitrogens with zero attached hydrogens (tertiary/aromatic N) is 4. The molecule has 2 aliphatic rings. The van der Waals surface area contributed by atoms with Gasteiger partial charge in [-0.3, -0.25) is 18.9 Å². The monoisotopic (exact) mass is 478 g/mol. The van der Waals surface area contributed by atoms with Crippen LogP contribution in [0.25, 0.3) is 11.4 Å². The maximum Gasteiger partial charge on any atom is 0.295 e. The van der Waals surface area contributed by atoms with Gasteiger partial charge in [0.25, 0.3) is 11.7 Å². The molecule has 5 rings (SSSR count). The van der Waals surface area contributed by atoms with E-state index >= 15 is 0 Å². The summed E-state index contributed by atoms with van der Waals surface area (Å²) in [4.78, 5) is 34.7. The molecule has 4 heterocycles. The smallest absolute Gasteiger partial charge is 0.295 e. The molecule has 1 aromatic carbocycles. The lowest BCUT2D eigenvalue weighted by atomic mass is 9.96. The van der Waals surface area contributed by atoms with Crippen molar-refractivity contribution in [1.29, 1.82) is 0 Å². The van der Waals surface area contributed by atoms with Crippen LogP contribution in [0.5, 0.6) is 0 Å². The molecule has 2 fully saturated rings. The number of fused-ring (bicyclic) bond motifs is 1. The molecule has 1 unspecified atom stereocenters. The average Bonchev–Trinajstić information content (AvgIpc) is 3.33. The lowest BCUT2D eigenvalue weighted by Crippen LogP contribution is -2.38. The first-order chi connectivity index (χ1) is 17.0. The molecular formula is C26H27FN4O4. The van der Waals surface area contributed by atoms with Crippen LogP contribution in [0.2, 0.25) is 0 Å². The SMILES string of the molecule is Cc1nc2ccccn2c1/C(O)=C1\C(=O)C(=O)N(CCCN2CCOCC2)C1c1ccc(F)cc1. The maximum absolute atomic E-state index is 13.7. The Morgan fingerprint density at radius 2 is 1.86 bits per heavy atom. The number of rotatable bonds is 6. The molecule has 0 saturated carbocycles. The quantitative estimate of drug-likeness (QED) is 0.333. The highest BCUT2D eigenvalue weighted by atomic mass is 19.1. The summed E-state index contributed by atoms with van der Waals surface area (Å²) in [5, 5.41) is 11.4. The summed E-state index contributed by atoms with van der Waals surface area (Å²) in [5.41, 5.74) is 2.06. The van der Waals surface area contributed by atoms with Crippen molar-refractivity contribution in [3.05, 3.63) is 77.0 Å². The van der Waals surface area contributed by atoms with Crippen molar-refractivity contribution >= 4 is 23.1 Å². The van der Waals surface area contributed by atoms with Crippen molar-refractivity contribution < 1.29 is 23.8 Å². The van der Waals surface area contributed by atoms with Gasteiger partial charge < -0.3 is 14.7 Å². The number of Topliss-reactive ketones (excluding diaryl/α,β-unsaturated/α-hetero) is 1. The summed E-state index contributed by atoms with van der Waals surface area (Å²) in [5.74, 6) is -2.14. The van der Waals surface area contributed by atoms with Crippen LogP contribution in [-0.4, -0.2) is 75.4 Å². The molecule has 3 aromatic rings. The molecule has 1 amide bonds. The van der Waals surface area contributed by atoms with E-state index in [-0.39, 0.29) is 11.3 Å². The number of likely N-dealkylation sites (tertiary alicyclic amines) is 1. The van der Waals surface area contributed by atoms with Gasteiger partial charge in [-0.05, 0) is 43.2 Å². The number of pyridine rings is 1. The third kappa shape index (κ3) is 4.33. The van der Waals surface area contributed by atoms with Crippen LogP contribution in [0.3, 0.4) is 0 Å². The minimum absolute atomic E-state index is 0.0123. The Morgan fingerprint density at radius 1 is 1.11 bits per heavy atom. The third-order valence-electron chi connectivity index (χ3n) is 6.63. The standard InChI is InChI=1S/C26H27FN4O4/c1-17-22(30-11-3-2-5-20(30)28-17)24(32)21-23(18-6-8-19(27)9-7-18)31(26(34)25(21)33)12-4-10-29-13-15-35-16-14-29/h2-3,5-9,11,23,32H,4,10,12-16H2,1H3/b24-21+. The van der Waals surface area contributed by atoms with Gasteiger partial charge in [-0.1, -0.05) is 18.2 Å². The first kappa shape index (κ1) is 23.2. The molecule has 0 aliphatic carbocycles. The number of aryl methyl sites for hydroxylation is 1. The number of amides is 1. The van der Waals surface area contributed by atoms with E-state index in [1.54, 1.807) is 41.8 Å². The number of aliphatic hydroxyl groups is 1. The molecule has 0 bridgehead atoms. The minimum Gasteiger partial charge on any atom is -0.505 e. The number of carbonyl (C=O) groups excluding carboxylic acids is 2. The second-order valence-electron chi connectivity index (χ2n) is 8.83. The Bertz CT molecular complexity index is 1290. The van der Waals surface area contributed by atoms with Gasteiger partial charge in [0.15, 0.2) is 5.76 Å². The Balaban J connectivity index is 1.54. The number of ketones is 1. The fraction of sp³-hybridized carbons (Fsp3) is 0.346. The van der Waals surface area contributed by atoms with Gasteiger partial charge >= 0.3 is 0 Å². The zero-order valence-electron chi connectivity index (χ0n) is 19.5. The molecule has 2 saturated heterocycles. The Kier molecular flexibility index (Phi) is 6.36. The predicted octanol–water partition coefficient (Wildman–Crippen LogP) is 2.93. The van der Waals surface area contributed by atoms with Crippen LogP contribution in [-0.2, 0) is 14.3 Å². The van der Waals surface area contributed by atoms with Gasteiger partial charge in [0.05, 0.1) is 30.5 Å². The number of ether oxygens (including phenoxy) is 1. The number of halogens is 1. The highest BCUT2D eigenvalue weighted by Crippen LogP contribution is 2.40. The number of hydrogen-bond acceptors (Lipinski definition) is 6. The van der Waals surface area contributed by atoms with Crippen molar-refractivity contribution in [1.82, 2.24) is 19.2 Å². The van der Waals surface area contributed by atoms with Crippen LogP contribution in [0.4, 0.5) is 4.39 Å². The van der Waals surface area contributed by atoms with Gasteiger partial charge in [0.1, 0.15) is 17.2 Å². The zero-order chi connectivity index (χ0) is 24.5. The average molecular weight is 479 g/mol. The summed E-state index contributed by atoms with van der Waals surface area (Å²) in [6.07, 6.45) is 2.40. The number of morpholine rings is 1. The van der Waals surface area contributed by atoms with E-state index in [1.807, 2.05) is 6.07 Å². The van der Waals surface area contributed by atoms with Crippen LogP contribution >= 0.6 is 0 Å². The molecule has 1 atom stereocenters. The second kappa shape index (κ2) is 9.59. The molecule has 35 heavy (non-hydrogen) atoms. The normalized spacial score (nSPS) is 20.7. The Morgan fingerprint density at radius 3 is 2.60 bits per heavy atom. The molecule has 8 nitrogen and oxygen atoms in total. The Labute approximate surface area is 202 Å². The van der Waals surface area contributed by atoms with Gasteiger partial charge in [-0.15, -0.1) is 0 Å². The number of benzene rings is 1. The molecule has 9 heteroatoms. The molecular weight excluding hydrogens is 451 g/mol. The fourth-order valence-corrected chi connectivity index (χ4v) is 4.92. The zero-order valence-corrected chi connectivity index (χ0v) is 19.5. The van der Waals surface area contributed by atoms with Crippen molar-refractivity contribution in [2.24, 2.45) is 0 Å². The van der Waals surface area contributed by atoms with Crippen LogP contribution < -0.4 is 0 Å². The van der Waals surface area contributed by atoms with Crippen LogP contribution in [0.1, 0.15) is 29.4 Å². The maximum atomic E-state index is 13.7. The fourth-order valence-electron chi connectivity index (χ4n) is 4.92. The van der Waals surface area contributed by atoms with Crippen molar-refractivity contribution in [2.45, 2.75) is 19.4 Å². The summed E-state index contributed by atoms with van der Waals surface area (Å²) in [6.45, 7) is 5.84. The molecule has 182 valence electrons. The van der Waals surface area contributed by atoms with E-state index in [2.05, 4.69) is 9.88 Å². The number of aliphatic hydroxyl groups excluding tert-OH is 1. The van der Waals surface area contributed by atoms with E-state index in [9.17, 15) is 19.1 Å². The second-order valence-corrected chi connectivity index (χ2v) is 8.83. The number of aromatic nitrogens is 2. The molecule has 2 aromatic heterocycles. The van der Waals surface area contributed by atoms with Crippen LogP contribution in [0.15, 0.2) is 54.2 Å². The molecule has 1 N–H and O–H groups in total. The van der Waals surface area contributed by atoms with Gasteiger partial charge in [0, 0.05) is 32.4 Å². The van der Waals surface area contributed by atoms with Crippen molar-refractivity contribution in [3.8, 4) is 0 Å². The molecule has 0 spiro atoms. The predicted molar refractivity (Wildman–Crippen MR) is 127 cm³/mol. The van der Waals surface area contributed by atoms with Crippen LogP contribution in [0, 0.1) is 12.7 Å². The number of imidazole rings is 1. The number of hydrogen-bond donors (Lipinski definition) is 1. The first-order valence-corrected chi connectivity index (χ1v) is 11.7. The van der Waals surface area contributed by atoms with E-state index in [4.69, 9.17) is 4.74 Å². The topological polar surface area (TPSA) is 87.4 Å². The Hall–Kier alpha value is -3.56. The van der Waals surface area contributed by atoms with Gasteiger partial charge in [-0.2, -0.15) is 0 Å². The molecule has 0 radical (unpaired) electrons. The summed E-state index contributed by atoms with van der Waals surface area (Å²) < 4.78 is 20.8. The lowest BCUT2D eigenvalue weighted by molar-refractivity contribution is -0.140. The summed E-state index contributed by atoms with van der Waals surface area (Å²) >= 11 is 0. The van der Waals surface area contributed by atoms with Gasteiger partial charge in [0.2, 0.25) is 0 Å². The largest absolute Gasteiger partial charge is 0.505 e. The van der Waals surface area contributed by atoms with Crippen molar-refractivity contribution in [2.75, 3.05) is 39.4 Å². The van der Waals surface area contributed by atoms with E-state index < -0.39 is 23.5 Å². The third-order valence-corrected chi connectivity index (χ3v) is 6.63. The van der Waals surface area contributed by atoms with Gasteiger partial charge in [-0.25, -0.2) is 9.37 Å².